The molecular weight excluding hydrogens is 438 g/mol. The number of anilines is 1. The van der Waals surface area contributed by atoms with Crippen molar-refractivity contribution >= 4 is 28.6 Å². The molecule has 35 heavy (non-hydrogen) atoms. The van der Waals surface area contributed by atoms with E-state index in [0.29, 0.717) is 29.6 Å². The van der Waals surface area contributed by atoms with Gasteiger partial charge in [-0.3, -0.25) is 4.79 Å². The molecule has 0 radical (unpaired) electrons. The highest BCUT2D eigenvalue weighted by atomic mass is 16.2. The van der Waals surface area contributed by atoms with Crippen molar-refractivity contribution in [3.8, 4) is 0 Å². The summed E-state index contributed by atoms with van der Waals surface area (Å²) >= 11 is 0. The molecular formula is C27H39N7O. The standard InChI is InChI=1S/C27H39N7O/c1-15-8-11-20-18(12-15)23(32-21-6-4-5-7-22(21)33-26(28)29)34-24(31-20)25(35)30-14-16-9-10-17-13-19(16)27(17,2)3/h8,11-12,16-17,19,21-22H,4-7,9-10,13-14H2,1-3H3,(H,30,35)(H4,28,29,33)(H,31,32,34)/t16-,17?,19?,21-,22+/m0/s1. The van der Waals surface area contributed by atoms with Crippen molar-refractivity contribution < 1.29 is 4.79 Å². The van der Waals surface area contributed by atoms with Crippen molar-refractivity contribution in [3.63, 3.8) is 0 Å². The van der Waals surface area contributed by atoms with Crippen molar-refractivity contribution in [2.75, 3.05) is 11.9 Å². The van der Waals surface area contributed by atoms with Crippen LogP contribution in [0.4, 0.5) is 5.82 Å². The average Bonchev–Trinajstić information content (AvgIpc) is 2.83. The predicted octanol–water partition coefficient (Wildman–Crippen LogP) is 3.74. The molecule has 4 saturated carbocycles. The van der Waals surface area contributed by atoms with E-state index in [2.05, 4.69) is 40.5 Å². The number of nitrogens with one attached hydrogen (secondary N) is 2. The molecule has 0 spiro atoms. The number of nitrogens with zero attached hydrogens (tertiary/aromatic N) is 3. The highest BCUT2D eigenvalue weighted by Crippen LogP contribution is 2.61. The molecule has 1 aromatic carbocycles. The zero-order valence-corrected chi connectivity index (χ0v) is 21.2. The van der Waals surface area contributed by atoms with Crippen LogP contribution in [0.25, 0.3) is 10.9 Å². The monoisotopic (exact) mass is 477 g/mol. The van der Waals surface area contributed by atoms with Crippen LogP contribution in [0.3, 0.4) is 0 Å². The van der Waals surface area contributed by atoms with Gasteiger partial charge >= 0.3 is 0 Å². The average molecular weight is 478 g/mol. The number of hydrogen-bond donors (Lipinski definition) is 4. The fourth-order valence-corrected chi connectivity index (χ4v) is 6.76. The molecule has 2 aromatic rings. The number of rotatable bonds is 6. The molecule has 2 unspecified atom stereocenters. The molecule has 6 rings (SSSR count). The Hall–Kier alpha value is -2.90. The Morgan fingerprint density at radius 1 is 1.14 bits per heavy atom. The number of amides is 1. The van der Waals surface area contributed by atoms with Gasteiger partial charge in [0.25, 0.3) is 5.91 Å². The first-order valence-electron chi connectivity index (χ1n) is 13.1. The summed E-state index contributed by atoms with van der Waals surface area (Å²) in [6.07, 6.45) is 7.82. The number of benzene rings is 1. The van der Waals surface area contributed by atoms with Gasteiger partial charge in [0.1, 0.15) is 5.82 Å². The summed E-state index contributed by atoms with van der Waals surface area (Å²) in [5.41, 5.74) is 13.7. The van der Waals surface area contributed by atoms with Gasteiger partial charge in [-0.15, -0.1) is 0 Å². The van der Waals surface area contributed by atoms with Crippen LogP contribution in [0.2, 0.25) is 0 Å². The van der Waals surface area contributed by atoms with Gasteiger partial charge in [0.15, 0.2) is 5.96 Å². The molecule has 8 heteroatoms. The lowest BCUT2D eigenvalue weighted by atomic mass is 9.45. The van der Waals surface area contributed by atoms with Gasteiger partial charge in [-0.25, -0.2) is 15.0 Å². The second kappa shape index (κ2) is 9.28. The van der Waals surface area contributed by atoms with Crippen LogP contribution in [0.15, 0.2) is 23.2 Å². The van der Waals surface area contributed by atoms with E-state index < -0.39 is 0 Å². The molecule has 8 nitrogen and oxygen atoms in total. The van der Waals surface area contributed by atoms with E-state index in [1.54, 1.807) is 0 Å². The summed E-state index contributed by atoms with van der Waals surface area (Å²) in [5.74, 6) is 2.85. The first kappa shape index (κ1) is 23.8. The van der Waals surface area contributed by atoms with E-state index in [4.69, 9.17) is 16.5 Å². The SMILES string of the molecule is Cc1ccc2nc(C(=O)NC[C@@H]3CCC4CC3C4(C)C)nc(N[C@H]3CCCC[C@H]3N=C(N)N)c2c1. The number of aryl methyl sites for hydroxylation is 1. The van der Waals surface area contributed by atoms with Crippen LogP contribution >= 0.6 is 0 Å². The molecule has 4 aliphatic carbocycles. The van der Waals surface area contributed by atoms with Gasteiger partial charge in [-0.05, 0) is 74.3 Å². The maximum atomic E-state index is 13.2. The van der Waals surface area contributed by atoms with E-state index in [1.807, 2.05) is 19.1 Å². The van der Waals surface area contributed by atoms with E-state index in [-0.39, 0.29) is 29.8 Å². The lowest BCUT2D eigenvalue weighted by Crippen LogP contribution is -2.54. The normalized spacial score (nSPS) is 29.2. The van der Waals surface area contributed by atoms with Gasteiger partial charge in [0.05, 0.1) is 17.6 Å². The van der Waals surface area contributed by atoms with Crippen LogP contribution in [-0.4, -0.2) is 40.5 Å². The predicted molar refractivity (Wildman–Crippen MR) is 140 cm³/mol. The number of carbonyl (C=O) groups is 1. The fourth-order valence-electron chi connectivity index (χ4n) is 6.76. The quantitative estimate of drug-likeness (QED) is 0.370. The van der Waals surface area contributed by atoms with Crippen LogP contribution in [-0.2, 0) is 0 Å². The van der Waals surface area contributed by atoms with Gasteiger partial charge in [0, 0.05) is 11.9 Å². The van der Waals surface area contributed by atoms with Gasteiger partial charge in [-0.1, -0.05) is 38.3 Å². The maximum absolute atomic E-state index is 13.2. The number of hydrogen-bond acceptors (Lipinski definition) is 5. The van der Waals surface area contributed by atoms with Gasteiger partial charge < -0.3 is 22.1 Å². The van der Waals surface area contributed by atoms with Crippen molar-refractivity contribution in [3.05, 3.63) is 29.6 Å². The van der Waals surface area contributed by atoms with Crippen molar-refractivity contribution in [1.82, 2.24) is 15.3 Å². The first-order chi connectivity index (χ1) is 16.7. The van der Waals surface area contributed by atoms with E-state index >= 15 is 0 Å². The maximum Gasteiger partial charge on any atom is 0.289 e. The Balaban J connectivity index is 1.37. The molecule has 1 aromatic heterocycles. The number of carbonyl (C=O) groups excluding carboxylic acids is 1. The minimum atomic E-state index is -0.209. The molecule has 188 valence electrons. The second-order valence-corrected chi connectivity index (χ2v) is 11.5. The molecule has 0 saturated heterocycles. The lowest BCUT2D eigenvalue weighted by molar-refractivity contribution is -0.103. The molecule has 1 heterocycles. The first-order valence-corrected chi connectivity index (χ1v) is 13.1. The minimum absolute atomic E-state index is 0.0122. The Bertz CT molecular complexity index is 1140. The van der Waals surface area contributed by atoms with Crippen LogP contribution in [0, 0.1) is 30.1 Å². The summed E-state index contributed by atoms with van der Waals surface area (Å²) in [4.78, 5) is 27.0. The van der Waals surface area contributed by atoms with E-state index in [9.17, 15) is 4.79 Å². The Kier molecular flexibility index (Phi) is 6.32. The number of nitrogens with two attached hydrogens (primary N) is 2. The highest BCUT2D eigenvalue weighted by molar-refractivity contribution is 5.96. The number of fused-ring (bicyclic) bond motifs is 3. The lowest BCUT2D eigenvalue weighted by Gasteiger charge is -2.60. The summed E-state index contributed by atoms with van der Waals surface area (Å²) in [6, 6.07) is 6.08. The fraction of sp³-hybridized carbons (Fsp3) is 0.630. The van der Waals surface area contributed by atoms with Crippen LogP contribution in [0.5, 0.6) is 0 Å². The summed E-state index contributed by atoms with van der Waals surface area (Å²) in [7, 11) is 0. The molecule has 0 aliphatic heterocycles. The number of aliphatic imine (C=N–C) groups is 1. The van der Waals surface area contributed by atoms with E-state index in [0.717, 1.165) is 48.1 Å². The third-order valence-corrected chi connectivity index (χ3v) is 8.95. The van der Waals surface area contributed by atoms with Gasteiger partial charge in [0.2, 0.25) is 5.82 Å². The second-order valence-electron chi connectivity index (χ2n) is 11.5. The molecule has 4 aliphatic rings. The number of guanidine groups is 1. The molecule has 4 fully saturated rings. The number of aromatic nitrogens is 2. The highest BCUT2D eigenvalue weighted by Gasteiger charge is 2.53. The zero-order valence-electron chi connectivity index (χ0n) is 21.2. The topological polar surface area (TPSA) is 131 Å². The van der Waals surface area contributed by atoms with Crippen LogP contribution < -0.4 is 22.1 Å². The van der Waals surface area contributed by atoms with E-state index in [1.165, 1.54) is 19.3 Å². The Morgan fingerprint density at radius 3 is 2.69 bits per heavy atom. The van der Waals surface area contributed by atoms with Crippen molar-refractivity contribution in [1.29, 1.82) is 0 Å². The van der Waals surface area contributed by atoms with Crippen molar-refractivity contribution in [2.45, 2.75) is 77.8 Å². The summed E-state index contributed by atoms with van der Waals surface area (Å²) < 4.78 is 0. The third kappa shape index (κ3) is 4.67. The minimum Gasteiger partial charge on any atom is -0.370 e. The van der Waals surface area contributed by atoms with Crippen LogP contribution in [0.1, 0.15) is 75.0 Å². The molecule has 1 amide bonds. The third-order valence-electron chi connectivity index (χ3n) is 8.95. The van der Waals surface area contributed by atoms with Gasteiger partial charge in [-0.2, -0.15) is 0 Å². The summed E-state index contributed by atoms with van der Waals surface area (Å²) in [5, 5.41) is 7.65. The Labute approximate surface area is 207 Å². The summed E-state index contributed by atoms with van der Waals surface area (Å²) in [6.45, 7) is 7.50. The molecule has 5 atom stereocenters. The Morgan fingerprint density at radius 2 is 1.94 bits per heavy atom. The molecule has 6 N–H and O–H groups in total. The largest absolute Gasteiger partial charge is 0.370 e. The molecule has 2 bridgehead atoms. The smallest absolute Gasteiger partial charge is 0.289 e. The zero-order chi connectivity index (χ0) is 24.7. The van der Waals surface area contributed by atoms with Crippen molar-refractivity contribution in [2.24, 2.45) is 39.6 Å².